The summed E-state index contributed by atoms with van der Waals surface area (Å²) in [6.07, 6.45) is 4.19. The van der Waals surface area contributed by atoms with Crippen molar-refractivity contribution in [2.24, 2.45) is 0 Å². The second-order valence-corrected chi connectivity index (χ2v) is 7.54. The quantitative estimate of drug-likeness (QED) is 0.895. The Hall–Kier alpha value is -1.47. The largest absolute Gasteiger partial charge is 0.455 e. The third-order valence-corrected chi connectivity index (χ3v) is 5.75. The Kier molecular flexibility index (Phi) is 5.20. The van der Waals surface area contributed by atoms with Gasteiger partial charge in [-0.05, 0) is 38.3 Å². The zero-order valence-corrected chi connectivity index (χ0v) is 15.2. The lowest BCUT2D eigenvalue weighted by molar-refractivity contribution is -0.121. The second-order valence-electron chi connectivity index (χ2n) is 6.67. The average molecular weight is 351 g/mol. The minimum atomic E-state index is -0.123. The highest BCUT2D eigenvalue weighted by atomic mass is 32.2. The Morgan fingerprint density at radius 3 is 3.00 bits per heavy atom. The first-order valence-corrected chi connectivity index (χ1v) is 9.78. The molecule has 1 spiro atoms. The van der Waals surface area contributed by atoms with E-state index in [0.717, 1.165) is 30.9 Å². The van der Waals surface area contributed by atoms with Crippen LogP contribution >= 0.6 is 11.8 Å². The molecule has 6 nitrogen and oxygen atoms in total. The molecule has 2 aliphatic rings. The lowest BCUT2D eigenvalue weighted by atomic mass is 9.86. The highest BCUT2D eigenvalue weighted by Crippen LogP contribution is 2.31. The number of carbonyl (C=O) groups is 2. The number of nitrogens with zero attached hydrogens (tertiary/aromatic N) is 2. The van der Waals surface area contributed by atoms with E-state index in [1.54, 1.807) is 17.8 Å². The number of nitrogens with one attached hydrogen (secondary N) is 1. The van der Waals surface area contributed by atoms with Gasteiger partial charge in [-0.1, -0.05) is 0 Å². The van der Waals surface area contributed by atoms with Gasteiger partial charge in [0.2, 0.25) is 5.91 Å². The third kappa shape index (κ3) is 3.47. The maximum Gasteiger partial charge on any atom is 0.289 e. The second kappa shape index (κ2) is 7.19. The monoisotopic (exact) mass is 351 g/mol. The molecule has 3 heterocycles. The summed E-state index contributed by atoms with van der Waals surface area (Å²) in [6.45, 7) is 2.83. The molecule has 2 amide bonds. The third-order valence-electron chi connectivity index (χ3n) is 5.18. The average Bonchev–Trinajstić information content (AvgIpc) is 2.95. The number of furan rings is 1. The first kappa shape index (κ1) is 17.4. The Balaban J connectivity index is 1.74. The Labute approximate surface area is 146 Å². The molecule has 0 saturated carbocycles. The molecular weight excluding hydrogens is 326 g/mol. The fraction of sp³-hybridized carbons (Fsp3) is 0.647. The lowest BCUT2D eigenvalue weighted by Gasteiger charge is -2.49. The predicted octanol–water partition coefficient (Wildman–Crippen LogP) is 1.57. The van der Waals surface area contributed by atoms with Crippen LogP contribution in [0.4, 0.5) is 0 Å². The zero-order chi connectivity index (χ0) is 17.2. The van der Waals surface area contributed by atoms with Gasteiger partial charge in [0.05, 0.1) is 5.75 Å². The molecule has 2 aliphatic heterocycles. The Bertz CT molecular complexity index is 618. The highest BCUT2D eigenvalue weighted by Gasteiger charge is 2.42. The molecule has 0 radical (unpaired) electrons. The van der Waals surface area contributed by atoms with Crippen molar-refractivity contribution in [3.05, 3.63) is 23.7 Å². The molecular formula is C17H25N3O3S. The van der Waals surface area contributed by atoms with Crippen LogP contribution in [0.5, 0.6) is 0 Å². The Morgan fingerprint density at radius 2 is 2.21 bits per heavy atom. The number of likely N-dealkylation sites (N-methyl/N-ethyl adjacent to an activating group) is 1. The molecule has 1 unspecified atom stereocenters. The summed E-state index contributed by atoms with van der Waals surface area (Å²) < 4.78 is 5.69. The minimum Gasteiger partial charge on any atom is -0.455 e. The van der Waals surface area contributed by atoms with Crippen LogP contribution in [0.1, 0.15) is 35.6 Å². The van der Waals surface area contributed by atoms with Gasteiger partial charge in [0.1, 0.15) is 5.76 Å². The molecule has 3 rings (SSSR count). The highest BCUT2D eigenvalue weighted by molar-refractivity contribution is 7.97. The van der Waals surface area contributed by atoms with Crippen molar-refractivity contribution in [3.63, 3.8) is 0 Å². The van der Waals surface area contributed by atoms with Gasteiger partial charge in [0.25, 0.3) is 5.91 Å². The van der Waals surface area contributed by atoms with Crippen LogP contribution < -0.4 is 5.32 Å². The van der Waals surface area contributed by atoms with Crippen molar-refractivity contribution in [2.75, 3.05) is 39.5 Å². The summed E-state index contributed by atoms with van der Waals surface area (Å²) in [4.78, 5) is 28.7. The maximum atomic E-state index is 12.8. The van der Waals surface area contributed by atoms with Crippen LogP contribution in [0.25, 0.3) is 0 Å². The number of thioether (sulfide) groups is 1. The maximum absolute atomic E-state index is 12.8. The van der Waals surface area contributed by atoms with E-state index in [4.69, 9.17) is 4.42 Å². The zero-order valence-electron chi connectivity index (χ0n) is 14.3. The van der Waals surface area contributed by atoms with E-state index in [1.807, 2.05) is 17.2 Å². The number of piperazine rings is 1. The topological polar surface area (TPSA) is 65.8 Å². The van der Waals surface area contributed by atoms with Crippen LogP contribution in [-0.4, -0.2) is 66.6 Å². The number of hydrogen-bond donors (Lipinski definition) is 1. The predicted molar refractivity (Wildman–Crippen MR) is 94.1 cm³/mol. The van der Waals surface area contributed by atoms with Gasteiger partial charge in [-0.2, -0.15) is 11.8 Å². The first-order chi connectivity index (χ1) is 11.5. The van der Waals surface area contributed by atoms with Crippen molar-refractivity contribution in [2.45, 2.75) is 30.6 Å². The summed E-state index contributed by atoms with van der Waals surface area (Å²) in [5.74, 6) is 2.09. The van der Waals surface area contributed by atoms with Gasteiger partial charge >= 0.3 is 0 Å². The van der Waals surface area contributed by atoms with Gasteiger partial charge in [-0.15, -0.1) is 0 Å². The van der Waals surface area contributed by atoms with Crippen LogP contribution in [0.2, 0.25) is 0 Å². The van der Waals surface area contributed by atoms with Crippen LogP contribution in [0.3, 0.4) is 0 Å². The van der Waals surface area contributed by atoms with Crippen LogP contribution in [0.15, 0.2) is 16.5 Å². The standard InChI is InChI=1S/C17H25N3O3S/c1-19-9-10-20(12-17(19)6-5-15(21)18-8-7-17)16(22)14-4-3-13(23-14)11-24-2/h3-4H,5-12H2,1-2H3,(H,18,21). The van der Waals surface area contributed by atoms with Crippen molar-refractivity contribution < 1.29 is 14.0 Å². The molecule has 0 aliphatic carbocycles. The van der Waals surface area contributed by atoms with E-state index in [-0.39, 0.29) is 17.4 Å². The molecule has 0 bridgehead atoms. The van der Waals surface area contributed by atoms with E-state index >= 15 is 0 Å². The number of amides is 2. The summed E-state index contributed by atoms with van der Waals surface area (Å²) in [5, 5.41) is 2.94. The molecule has 7 heteroatoms. The van der Waals surface area contributed by atoms with Gasteiger partial charge < -0.3 is 14.6 Å². The van der Waals surface area contributed by atoms with E-state index in [1.165, 1.54) is 0 Å². The van der Waals surface area contributed by atoms with Crippen molar-refractivity contribution in [3.8, 4) is 0 Å². The Morgan fingerprint density at radius 1 is 1.38 bits per heavy atom. The van der Waals surface area contributed by atoms with Gasteiger partial charge in [-0.3, -0.25) is 14.5 Å². The molecule has 1 aromatic heterocycles. The first-order valence-electron chi connectivity index (χ1n) is 8.39. The van der Waals surface area contributed by atoms with Gasteiger partial charge in [0, 0.05) is 38.1 Å². The summed E-state index contributed by atoms with van der Waals surface area (Å²) in [6, 6.07) is 3.65. The van der Waals surface area contributed by atoms with Crippen molar-refractivity contribution >= 4 is 23.6 Å². The number of carbonyl (C=O) groups excluding carboxylic acids is 2. The minimum absolute atomic E-state index is 0.0432. The number of rotatable bonds is 3. The summed E-state index contributed by atoms with van der Waals surface area (Å²) in [7, 11) is 2.10. The molecule has 2 fully saturated rings. The smallest absolute Gasteiger partial charge is 0.289 e. The molecule has 1 aromatic rings. The van der Waals surface area contributed by atoms with Gasteiger partial charge in [-0.25, -0.2) is 0 Å². The van der Waals surface area contributed by atoms with E-state index in [2.05, 4.69) is 17.3 Å². The summed E-state index contributed by atoms with van der Waals surface area (Å²) >= 11 is 1.67. The molecule has 1 N–H and O–H groups in total. The molecule has 132 valence electrons. The molecule has 2 saturated heterocycles. The van der Waals surface area contributed by atoms with Crippen LogP contribution in [-0.2, 0) is 10.5 Å². The van der Waals surface area contributed by atoms with Gasteiger partial charge in [0.15, 0.2) is 5.76 Å². The van der Waals surface area contributed by atoms with E-state index < -0.39 is 0 Å². The summed E-state index contributed by atoms with van der Waals surface area (Å²) in [5.41, 5.74) is -0.123. The fourth-order valence-corrected chi connectivity index (χ4v) is 4.08. The van der Waals surface area contributed by atoms with Crippen LogP contribution in [0, 0.1) is 0 Å². The SMILES string of the molecule is CSCc1ccc(C(=O)N2CCN(C)C3(CCNC(=O)CC3)C2)o1. The van der Waals surface area contributed by atoms with E-state index in [0.29, 0.717) is 31.8 Å². The lowest BCUT2D eigenvalue weighted by Crippen LogP contribution is -2.62. The fourth-order valence-electron chi connectivity index (χ4n) is 3.64. The normalized spacial score (nSPS) is 25.6. The van der Waals surface area contributed by atoms with E-state index in [9.17, 15) is 9.59 Å². The number of hydrogen-bond acceptors (Lipinski definition) is 5. The molecule has 1 atom stereocenters. The van der Waals surface area contributed by atoms with Crippen molar-refractivity contribution in [1.29, 1.82) is 0 Å². The van der Waals surface area contributed by atoms with Crippen molar-refractivity contribution in [1.82, 2.24) is 15.1 Å². The molecule has 0 aromatic carbocycles. The molecule has 24 heavy (non-hydrogen) atoms.